The molecule has 4 heteroatoms. The number of methoxy groups -OCH3 is 1. The summed E-state index contributed by atoms with van der Waals surface area (Å²) in [5.41, 5.74) is 8.39. The molecule has 0 amide bonds. The predicted octanol–water partition coefficient (Wildman–Crippen LogP) is 3.78. The summed E-state index contributed by atoms with van der Waals surface area (Å²) >= 11 is 3.47. The van der Waals surface area contributed by atoms with Gasteiger partial charge in [0.1, 0.15) is 5.75 Å². The SMILES string of the molecule is COc1ccc(Nc2ccc(N)cc2Br)cc1. The van der Waals surface area contributed by atoms with Crippen molar-refractivity contribution >= 4 is 33.0 Å². The summed E-state index contributed by atoms with van der Waals surface area (Å²) < 4.78 is 6.04. The quantitative estimate of drug-likeness (QED) is 0.847. The van der Waals surface area contributed by atoms with Crippen LogP contribution in [0.2, 0.25) is 0 Å². The minimum absolute atomic E-state index is 0.733. The molecule has 0 bridgehead atoms. The van der Waals surface area contributed by atoms with Crippen molar-refractivity contribution in [1.82, 2.24) is 0 Å². The van der Waals surface area contributed by atoms with E-state index in [1.807, 2.05) is 42.5 Å². The van der Waals surface area contributed by atoms with Crippen LogP contribution in [-0.2, 0) is 0 Å². The molecule has 0 fully saturated rings. The Morgan fingerprint density at radius 2 is 1.82 bits per heavy atom. The molecule has 0 aliphatic heterocycles. The van der Waals surface area contributed by atoms with Crippen LogP contribution in [0.4, 0.5) is 17.1 Å². The molecule has 2 aromatic rings. The highest BCUT2D eigenvalue weighted by atomic mass is 79.9. The second-order valence-electron chi connectivity index (χ2n) is 3.59. The summed E-state index contributed by atoms with van der Waals surface area (Å²) in [7, 11) is 1.65. The van der Waals surface area contributed by atoms with Crippen molar-refractivity contribution in [2.24, 2.45) is 0 Å². The molecule has 0 saturated heterocycles. The molecule has 2 aromatic carbocycles. The van der Waals surface area contributed by atoms with Crippen molar-refractivity contribution < 1.29 is 4.74 Å². The van der Waals surface area contributed by atoms with Gasteiger partial charge in [-0.1, -0.05) is 0 Å². The van der Waals surface area contributed by atoms with Crippen LogP contribution in [0, 0.1) is 0 Å². The van der Waals surface area contributed by atoms with Gasteiger partial charge in [-0.2, -0.15) is 0 Å². The van der Waals surface area contributed by atoms with E-state index in [1.165, 1.54) is 0 Å². The second-order valence-corrected chi connectivity index (χ2v) is 4.45. The molecule has 3 nitrogen and oxygen atoms in total. The first-order valence-corrected chi connectivity index (χ1v) is 5.94. The smallest absolute Gasteiger partial charge is 0.119 e. The van der Waals surface area contributed by atoms with Gasteiger partial charge in [0.15, 0.2) is 0 Å². The van der Waals surface area contributed by atoms with E-state index in [-0.39, 0.29) is 0 Å². The van der Waals surface area contributed by atoms with E-state index in [0.717, 1.165) is 27.3 Å². The van der Waals surface area contributed by atoms with Crippen molar-refractivity contribution in [3.63, 3.8) is 0 Å². The first kappa shape index (κ1) is 11.8. The molecule has 88 valence electrons. The van der Waals surface area contributed by atoms with Crippen LogP contribution in [-0.4, -0.2) is 7.11 Å². The summed E-state index contributed by atoms with van der Waals surface area (Å²) in [5, 5.41) is 3.29. The fourth-order valence-corrected chi connectivity index (χ4v) is 1.96. The van der Waals surface area contributed by atoms with Crippen molar-refractivity contribution in [1.29, 1.82) is 0 Å². The lowest BCUT2D eigenvalue weighted by atomic mass is 10.2. The number of ether oxygens (including phenoxy) is 1. The Morgan fingerprint density at radius 3 is 2.41 bits per heavy atom. The van der Waals surface area contributed by atoms with E-state index in [4.69, 9.17) is 10.5 Å². The average Bonchev–Trinajstić information content (AvgIpc) is 2.34. The summed E-state index contributed by atoms with van der Waals surface area (Å²) in [6.45, 7) is 0. The van der Waals surface area contributed by atoms with Crippen LogP contribution in [0.3, 0.4) is 0 Å². The zero-order valence-electron chi connectivity index (χ0n) is 9.41. The van der Waals surface area contributed by atoms with Crippen LogP contribution < -0.4 is 15.8 Å². The standard InChI is InChI=1S/C13H13BrN2O/c1-17-11-5-3-10(4-6-11)16-13-7-2-9(15)8-12(13)14/h2-8,16H,15H2,1H3. The number of halogens is 1. The van der Waals surface area contributed by atoms with Gasteiger partial charge in [-0.3, -0.25) is 0 Å². The summed E-state index contributed by atoms with van der Waals surface area (Å²) in [4.78, 5) is 0. The molecular weight excluding hydrogens is 280 g/mol. The highest BCUT2D eigenvalue weighted by Gasteiger charge is 2.01. The van der Waals surface area contributed by atoms with Gasteiger partial charge in [0, 0.05) is 15.8 Å². The molecule has 0 saturated carbocycles. The molecule has 0 unspecified atom stereocenters. The van der Waals surface area contributed by atoms with Crippen LogP contribution in [0.25, 0.3) is 0 Å². The lowest BCUT2D eigenvalue weighted by Gasteiger charge is -2.09. The summed E-state index contributed by atoms with van der Waals surface area (Å²) in [6.07, 6.45) is 0. The van der Waals surface area contributed by atoms with Crippen molar-refractivity contribution in [2.75, 3.05) is 18.2 Å². The summed E-state index contributed by atoms with van der Waals surface area (Å²) in [5.74, 6) is 0.840. The van der Waals surface area contributed by atoms with E-state index in [9.17, 15) is 0 Å². The van der Waals surface area contributed by atoms with Gasteiger partial charge in [-0.15, -0.1) is 0 Å². The number of nitrogen functional groups attached to an aromatic ring is 1. The molecule has 3 N–H and O–H groups in total. The molecule has 0 aliphatic carbocycles. The molecular formula is C13H13BrN2O. The highest BCUT2D eigenvalue weighted by molar-refractivity contribution is 9.10. The number of nitrogens with one attached hydrogen (secondary N) is 1. The molecule has 0 atom stereocenters. The van der Waals surface area contributed by atoms with E-state index >= 15 is 0 Å². The van der Waals surface area contributed by atoms with Crippen molar-refractivity contribution in [2.45, 2.75) is 0 Å². The summed E-state index contributed by atoms with van der Waals surface area (Å²) in [6, 6.07) is 13.4. The van der Waals surface area contributed by atoms with Gasteiger partial charge in [-0.05, 0) is 58.4 Å². The maximum Gasteiger partial charge on any atom is 0.119 e. The molecule has 0 spiro atoms. The molecule has 0 aliphatic rings. The van der Waals surface area contributed by atoms with Gasteiger partial charge in [0.2, 0.25) is 0 Å². The van der Waals surface area contributed by atoms with Crippen LogP contribution >= 0.6 is 15.9 Å². The fourth-order valence-electron chi connectivity index (χ4n) is 1.46. The van der Waals surface area contributed by atoms with Crippen LogP contribution in [0.1, 0.15) is 0 Å². The van der Waals surface area contributed by atoms with Crippen molar-refractivity contribution in [3.05, 3.63) is 46.9 Å². The molecule has 2 rings (SSSR count). The van der Waals surface area contributed by atoms with Crippen LogP contribution in [0.5, 0.6) is 5.75 Å². The van der Waals surface area contributed by atoms with Gasteiger partial charge < -0.3 is 15.8 Å². The topological polar surface area (TPSA) is 47.3 Å². The van der Waals surface area contributed by atoms with Gasteiger partial charge in [0.25, 0.3) is 0 Å². The van der Waals surface area contributed by atoms with Crippen LogP contribution in [0.15, 0.2) is 46.9 Å². The van der Waals surface area contributed by atoms with E-state index in [1.54, 1.807) is 7.11 Å². The number of anilines is 3. The van der Waals surface area contributed by atoms with E-state index < -0.39 is 0 Å². The Bertz CT molecular complexity index is 511. The zero-order valence-corrected chi connectivity index (χ0v) is 11.0. The number of rotatable bonds is 3. The Hall–Kier alpha value is -1.68. The second kappa shape index (κ2) is 5.10. The molecule has 17 heavy (non-hydrogen) atoms. The zero-order chi connectivity index (χ0) is 12.3. The maximum absolute atomic E-state index is 5.68. The van der Waals surface area contributed by atoms with Crippen molar-refractivity contribution in [3.8, 4) is 5.75 Å². The number of nitrogens with two attached hydrogens (primary N) is 1. The van der Waals surface area contributed by atoms with Gasteiger partial charge >= 0.3 is 0 Å². The van der Waals surface area contributed by atoms with Gasteiger partial charge in [0.05, 0.1) is 12.8 Å². The minimum Gasteiger partial charge on any atom is -0.497 e. The Balaban J connectivity index is 2.19. The average molecular weight is 293 g/mol. The largest absolute Gasteiger partial charge is 0.497 e. The predicted molar refractivity (Wildman–Crippen MR) is 74.8 cm³/mol. The Kier molecular flexibility index (Phi) is 3.54. The molecule has 0 aromatic heterocycles. The number of hydrogen-bond acceptors (Lipinski definition) is 3. The highest BCUT2D eigenvalue weighted by Crippen LogP contribution is 2.28. The monoisotopic (exact) mass is 292 g/mol. The maximum atomic E-state index is 5.68. The first-order chi connectivity index (χ1) is 8.19. The van der Waals surface area contributed by atoms with Gasteiger partial charge in [-0.25, -0.2) is 0 Å². The third kappa shape index (κ3) is 2.91. The third-order valence-corrected chi connectivity index (χ3v) is 3.02. The van der Waals surface area contributed by atoms with E-state index in [2.05, 4.69) is 21.2 Å². The molecule has 0 radical (unpaired) electrons. The number of benzene rings is 2. The lowest BCUT2D eigenvalue weighted by molar-refractivity contribution is 0.415. The van der Waals surface area contributed by atoms with E-state index in [0.29, 0.717) is 0 Å². The Morgan fingerprint density at radius 1 is 1.12 bits per heavy atom. The normalized spacial score (nSPS) is 10.0. The fraction of sp³-hybridized carbons (Fsp3) is 0.0769. The Labute approximate surface area is 109 Å². The lowest BCUT2D eigenvalue weighted by Crippen LogP contribution is -1.93. The third-order valence-electron chi connectivity index (χ3n) is 2.36. The number of hydrogen-bond donors (Lipinski definition) is 2. The molecule has 0 heterocycles. The minimum atomic E-state index is 0.733. The first-order valence-electron chi connectivity index (χ1n) is 5.15.